The molecule has 0 radical (unpaired) electrons. The number of ether oxygens (including phenoxy) is 1. The third kappa shape index (κ3) is 3.43. The zero-order valence-corrected chi connectivity index (χ0v) is 12.3. The van der Waals surface area contributed by atoms with Gasteiger partial charge in [0.05, 0.1) is 16.5 Å². The molecule has 0 spiro atoms. The molecule has 1 fully saturated rings. The van der Waals surface area contributed by atoms with E-state index >= 15 is 0 Å². The van der Waals surface area contributed by atoms with E-state index in [1.807, 2.05) is 0 Å². The molecule has 1 aliphatic rings. The minimum absolute atomic E-state index is 0.131. The van der Waals surface area contributed by atoms with E-state index in [1.54, 1.807) is 13.2 Å². The fraction of sp³-hybridized carbons (Fsp3) is 0.500. The second kappa shape index (κ2) is 6.31. The van der Waals surface area contributed by atoms with Gasteiger partial charge in [-0.05, 0) is 22.0 Å². The maximum atomic E-state index is 11.1. The number of nitrogens with zero attached hydrogens (tertiary/aromatic N) is 2. The first-order chi connectivity index (χ1) is 9.11. The Hall–Kier alpha value is -1.18. The molecule has 0 saturated carbocycles. The van der Waals surface area contributed by atoms with Crippen molar-refractivity contribution in [3.05, 3.63) is 32.3 Å². The van der Waals surface area contributed by atoms with E-state index in [0.717, 1.165) is 26.2 Å². The monoisotopic (exact) mass is 329 g/mol. The van der Waals surface area contributed by atoms with Crippen LogP contribution in [-0.2, 0) is 6.54 Å². The van der Waals surface area contributed by atoms with Gasteiger partial charge in [-0.15, -0.1) is 0 Å². The van der Waals surface area contributed by atoms with Crippen molar-refractivity contribution in [2.75, 3.05) is 33.3 Å². The fourth-order valence-corrected chi connectivity index (χ4v) is 2.64. The van der Waals surface area contributed by atoms with Gasteiger partial charge in [0.25, 0.3) is 5.69 Å². The molecule has 0 aromatic heterocycles. The molecule has 0 unspecified atom stereocenters. The summed E-state index contributed by atoms with van der Waals surface area (Å²) in [4.78, 5) is 13.0. The van der Waals surface area contributed by atoms with Crippen LogP contribution >= 0.6 is 15.9 Å². The fourth-order valence-electron chi connectivity index (χ4n) is 2.15. The number of nitrogens with one attached hydrogen (secondary N) is 1. The van der Waals surface area contributed by atoms with Crippen LogP contribution in [-0.4, -0.2) is 43.1 Å². The van der Waals surface area contributed by atoms with Crippen molar-refractivity contribution in [2.24, 2.45) is 0 Å². The number of nitro benzene ring substituents is 1. The number of nitro groups is 1. The molecule has 1 aromatic carbocycles. The number of methoxy groups -OCH3 is 1. The minimum Gasteiger partial charge on any atom is -0.496 e. The predicted molar refractivity (Wildman–Crippen MR) is 75.5 cm³/mol. The van der Waals surface area contributed by atoms with E-state index in [4.69, 9.17) is 4.74 Å². The Labute approximate surface area is 120 Å². The molecule has 0 bridgehead atoms. The lowest BCUT2D eigenvalue weighted by atomic mass is 10.1. The number of hydrogen-bond donors (Lipinski definition) is 1. The Morgan fingerprint density at radius 3 is 2.74 bits per heavy atom. The first-order valence-corrected chi connectivity index (χ1v) is 6.85. The molecule has 0 aliphatic carbocycles. The van der Waals surface area contributed by atoms with Crippen LogP contribution in [0.3, 0.4) is 0 Å². The summed E-state index contributed by atoms with van der Waals surface area (Å²) >= 11 is 3.28. The van der Waals surface area contributed by atoms with Gasteiger partial charge in [-0.25, -0.2) is 0 Å². The molecule has 104 valence electrons. The van der Waals surface area contributed by atoms with Crippen molar-refractivity contribution >= 4 is 21.6 Å². The summed E-state index contributed by atoms with van der Waals surface area (Å²) in [5.41, 5.74) is 0.818. The Kier molecular flexibility index (Phi) is 4.73. The number of piperazine rings is 1. The summed E-state index contributed by atoms with van der Waals surface area (Å²) in [7, 11) is 1.56. The van der Waals surface area contributed by atoms with E-state index in [9.17, 15) is 10.1 Å². The molecule has 1 aromatic rings. The van der Waals surface area contributed by atoms with E-state index in [-0.39, 0.29) is 10.6 Å². The van der Waals surface area contributed by atoms with Crippen molar-refractivity contribution < 1.29 is 9.66 Å². The lowest BCUT2D eigenvalue weighted by molar-refractivity contribution is -0.385. The van der Waals surface area contributed by atoms with Crippen LogP contribution in [0.2, 0.25) is 0 Å². The van der Waals surface area contributed by atoms with Gasteiger partial charge < -0.3 is 10.1 Å². The SMILES string of the molecule is COc1cc(CN2CCNCC2)c([N+](=O)[O-])cc1Br. The maximum Gasteiger partial charge on any atom is 0.275 e. The summed E-state index contributed by atoms with van der Waals surface area (Å²) in [5.74, 6) is 0.621. The standard InChI is InChI=1S/C12H16BrN3O3/c1-19-12-6-9(8-15-4-2-14-3-5-15)11(16(17)18)7-10(12)13/h6-7,14H,2-5,8H2,1H3. The van der Waals surface area contributed by atoms with Crippen molar-refractivity contribution in [3.63, 3.8) is 0 Å². The van der Waals surface area contributed by atoms with Crippen LogP contribution in [0.4, 0.5) is 5.69 Å². The Morgan fingerprint density at radius 1 is 1.47 bits per heavy atom. The third-order valence-corrected chi connectivity index (χ3v) is 3.77. The molecular weight excluding hydrogens is 314 g/mol. The Bertz CT molecular complexity index is 476. The Morgan fingerprint density at radius 2 is 2.16 bits per heavy atom. The van der Waals surface area contributed by atoms with Gasteiger partial charge in [0.2, 0.25) is 0 Å². The molecule has 1 N–H and O–H groups in total. The molecule has 7 heteroatoms. The van der Waals surface area contributed by atoms with E-state index < -0.39 is 0 Å². The molecule has 19 heavy (non-hydrogen) atoms. The molecule has 1 heterocycles. The van der Waals surface area contributed by atoms with Gasteiger partial charge in [0, 0.05) is 44.4 Å². The predicted octanol–water partition coefficient (Wildman–Crippen LogP) is 1.77. The first-order valence-electron chi connectivity index (χ1n) is 6.05. The average Bonchev–Trinajstić information content (AvgIpc) is 2.41. The molecular formula is C12H16BrN3O3. The topological polar surface area (TPSA) is 67.6 Å². The highest BCUT2D eigenvalue weighted by Gasteiger charge is 2.20. The molecule has 0 atom stereocenters. The normalized spacial score (nSPS) is 16.3. The van der Waals surface area contributed by atoms with Crippen molar-refractivity contribution in [2.45, 2.75) is 6.54 Å². The van der Waals surface area contributed by atoms with Crippen LogP contribution < -0.4 is 10.1 Å². The first kappa shape index (κ1) is 14.2. The van der Waals surface area contributed by atoms with Gasteiger partial charge >= 0.3 is 0 Å². The van der Waals surface area contributed by atoms with Crippen LogP contribution in [0, 0.1) is 10.1 Å². The van der Waals surface area contributed by atoms with Crippen molar-refractivity contribution in [1.82, 2.24) is 10.2 Å². The zero-order chi connectivity index (χ0) is 13.8. The molecule has 0 amide bonds. The summed E-state index contributed by atoms with van der Waals surface area (Å²) in [5, 5.41) is 14.4. The van der Waals surface area contributed by atoms with Gasteiger partial charge in [-0.2, -0.15) is 0 Å². The summed E-state index contributed by atoms with van der Waals surface area (Å²) < 4.78 is 5.81. The van der Waals surface area contributed by atoms with Crippen LogP contribution in [0.1, 0.15) is 5.56 Å². The highest BCUT2D eigenvalue weighted by molar-refractivity contribution is 9.10. The summed E-state index contributed by atoms with van der Waals surface area (Å²) in [6, 6.07) is 3.25. The van der Waals surface area contributed by atoms with Crippen LogP contribution in [0.25, 0.3) is 0 Å². The smallest absolute Gasteiger partial charge is 0.275 e. The van der Waals surface area contributed by atoms with E-state index in [1.165, 1.54) is 6.07 Å². The maximum absolute atomic E-state index is 11.1. The number of hydrogen-bond acceptors (Lipinski definition) is 5. The number of rotatable bonds is 4. The summed E-state index contributed by atoms with van der Waals surface area (Å²) in [6.45, 7) is 4.20. The molecule has 1 aliphatic heterocycles. The third-order valence-electron chi connectivity index (χ3n) is 3.15. The zero-order valence-electron chi connectivity index (χ0n) is 10.7. The molecule has 6 nitrogen and oxygen atoms in total. The van der Waals surface area contributed by atoms with E-state index in [2.05, 4.69) is 26.1 Å². The van der Waals surface area contributed by atoms with Crippen LogP contribution in [0.5, 0.6) is 5.75 Å². The van der Waals surface area contributed by atoms with Gasteiger partial charge in [0.1, 0.15) is 5.75 Å². The highest BCUT2D eigenvalue weighted by Crippen LogP contribution is 2.33. The van der Waals surface area contributed by atoms with Crippen molar-refractivity contribution in [1.29, 1.82) is 0 Å². The van der Waals surface area contributed by atoms with Crippen molar-refractivity contribution in [3.8, 4) is 5.75 Å². The molecule has 2 rings (SSSR count). The second-order valence-corrected chi connectivity index (χ2v) is 5.25. The quantitative estimate of drug-likeness (QED) is 0.673. The average molecular weight is 330 g/mol. The highest BCUT2D eigenvalue weighted by atomic mass is 79.9. The van der Waals surface area contributed by atoms with Gasteiger partial charge in [-0.1, -0.05) is 0 Å². The summed E-state index contributed by atoms with van der Waals surface area (Å²) in [6.07, 6.45) is 0. The number of halogens is 1. The van der Waals surface area contributed by atoms with E-state index in [0.29, 0.717) is 22.3 Å². The molecule has 1 saturated heterocycles. The van der Waals surface area contributed by atoms with Gasteiger partial charge in [0.15, 0.2) is 0 Å². The second-order valence-electron chi connectivity index (χ2n) is 4.40. The minimum atomic E-state index is -0.346. The van der Waals surface area contributed by atoms with Crippen LogP contribution in [0.15, 0.2) is 16.6 Å². The van der Waals surface area contributed by atoms with Gasteiger partial charge in [-0.3, -0.25) is 15.0 Å². The lowest BCUT2D eigenvalue weighted by Gasteiger charge is -2.27. The Balaban J connectivity index is 2.27. The number of benzene rings is 1. The lowest BCUT2D eigenvalue weighted by Crippen LogP contribution is -2.42. The largest absolute Gasteiger partial charge is 0.496 e.